The summed E-state index contributed by atoms with van der Waals surface area (Å²) in [4.78, 5) is 0. The summed E-state index contributed by atoms with van der Waals surface area (Å²) in [5, 5.41) is 18.4. The number of hydrogen-bond donors (Lipinski definition) is 2. The van der Waals surface area contributed by atoms with Crippen molar-refractivity contribution >= 4 is 7.12 Å². The Morgan fingerprint density at radius 3 is 2.35 bits per heavy atom. The van der Waals surface area contributed by atoms with Crippen LogP contribution >= 0.6 is 0 Å². The van der Waals surface area contributed by atoms with Gasteiger partial charge in [-0.3, -0.25) is 0 Å². The second kappa shape index (κ2) is 8.24. The Bertz CT molecular complexity index is 306. The number of hydrogen-bond acceptors (Lipinski definition) is 2. The Labute approximate surface area is 124 Å². The lowest BCUT2D eigenvalue weighted by atomic mass is 9.66. The fourth-order valence-corrected chi connectivity index (χ4v) is 4.17. The molecule has 0 amide bonds. The van der Waals surface area contributed by atoms with Crippen molar-refractivity contribution in [2.24, 2.45) is 17.8 Å². The van der Waals surface area contributed by atoms with E-state index in [4.69, 9.17) is 0 Å². The molecule has 0 heterocycles. The molecule has 0 aromatic rings. The van der Waals surface area contributed by atoms with Gasteiger partial charge in [0.1, 0.15) is 0 Å². The van der Waals surface area contributed by atoms with Crippen molar-refractivity contribution in [3.05, 3.63) is 11.5 Å². The summed E-state index contributed by atoms with van der Waals surface area (Å²) in [6, 6.07) is 0. The molecule has 20 heavy (non-hydrogen) atoms. The van der Waals surface area contributed by atoms with Gasteiger partial charge in [-0.2, -0.15) is 0 Å². The van der Waals surface area contributed by atoms with Crippen molar-refractivity contribution in [3.63, 3.8) is 0 Å². The van der Waals surface area contributed by atoms with Crippen LogP contribution in [0.15, 0.2) is 11.5 Å². The van der Waals surface area contributed by atoms with E-state index in [2.05, 4.69) is 13.0 Å². The Hall–Kier alpha value is -0.275. The molecule has 114 valence electrons. The molecular weight excluding hydrogens is 247 g/mol. The molecule has 2 aliphatic carbocycles. The molecule has 3 heteroatoms. The molecule has 2 aliphatic rings. The fraction of sp³-hybridized carbons (Fsp3) is 0.882. The third kappa shape index (κ3) is 4.63. The highest BCUT2D eigenvalue weighted by Crippen LogP contribution is 2.40. The van der Waals surface area contributed by atoms with Crippen LogP contribution in [0, 0.1) is 17.8 Å². The third-order valence-corrected chi connectivity index (χ3v) is 5.59. The third-order valence-electron chi connectivity index (χ3n) is 5.59. The van der Waals surface area contributed by atoms with Gasteiger partial charge in [0.15, 0.2) is 0 Å². The van der Waals surface area contributed by atoms with Gasteiger partial charge in [-0.15, -0.1) is 0 Å². The predicted octanol–water partition coefficient (Wildman–Crippen LogP) is 4.11. The summed E-state index contributed by atoms with van der Waals surface area (Å²) in [6.45, 7) is 2.28. The molecule has 0 aromatic carbocycles. The maximum absolute atomic E-state index is 9.20. The lowest BCUT2D eigenvalue weighted by Gasteiger charge is -2.35. The van der Waals surface area contributed by atoms with E-state index in [1.54, 1.807) is 0 Å². The Kier molecular flexibility index (Phi) is 6.63. The Morgan fingerprint density at radius 2 is 1.80 bits per heavy atom. The maximum atomic E-state index is 9.20. The molecule has 1 fully saturated rings. The zero-order valence-electron chi connectivity index (χ0n) is 13.1. The lowest BCUT2D eigenvalue weighted by molar-refractivity contribution is 0.185. The van der Waals surface area contributed by atoms with Crippen molar-refractivity contribution in [3.8, 4) is 0 Å². The van der Waals surface area contributed by atoms with Crippen LogP contribution < -0.4 is 0 Å². The predicted molar refractivity (Wildman–Crippen MR) is 85.2 cm³/mol. The summed E-state index contributed by atoms with van der Waals surface area (Å²) in [6.07, 6.45) is 16.5. The largest absolute Gasteiger partial charge is 0.483 e. The highest BCUT2D eigenvalue weighted by molar-refractivity contribution is 6.50. The van der Waals surface area contributed by atoms with Crippen LogP contribution in [0.4, 0.5) is 0 Å². The monoisotopic (exact) mass is 278 g/mol. The molecule has 0 bridgehead atoms. The Balaban J connectivity index is 1.69. The first-order valence-electron chi connectivity index (χ1n) is 8.75. The summed E-state index contributed by atoms with van der Waals surface area (Å²) in [5.74, 6) is 2.69. The Morgan fingerprint density at radius 1 is 1.05 bits per heavy atom. The molecule has 1 saturated carbocycles. The van der Waals surface area contributed by atoms with Crippen molar-refractivity contribution in [2.45, 2.75) is 77.6 Å². The van der Waals surface area contributed by atoms with Crippen LogP contribution in [0.2, 0.25) is 0 Å². The van der Waals surface area contributed by atoms with Crippen LogP contribution in [-0.2, 0) is 0 Å². The molecule has 2 nitrogen and oxygen atoms in total. The first kappa shape index (κ1) is 16.1. The summed E-state index contributed by atoms with van der Waals surface area (Å²) in [7, 11) is -1.22. The molecule has 2 rings (SSSR count). The SMILES string of the molecule is CCCCCC1CCC(C2CC=C(B(O)O)CC2)CC1. The average Bonchev–Trinajstić information content (AvgIpc) is 2.48. The molecular formula is C17H31BO2. The number of rotatable bonds is 6. The quantitative estimate of drug-likeness (QED) is 0.567. The van der Waals surface area contributed by atoms with Crippen molar-refractivity contribution in [1.82, 2.24) is 0 Å². The van der Waals surface area contributed by atoms with Gasteiger partial charge in [-0.25, -0.2) is 0 Å². The van der Waals surface area contributed by atoms with E-state index in [1.165, 1.54) is 51.4 Å². The lowest BCUT2D eigenvalue weighted by Crippen LogP contribution is -2.26. The molecule has 0 radical (unpaired) electrons. The molecule has 1 atom stereocenters. The zero-order chi connectivity index (χ0) is 14.4. The van der Waals surface area contributed by atoms with Crippen LogP contribution in [0.5, 0.6) is 0 Å². The van der Waals surface area contributed by atoms with E-state index >= 15 is 0 Å². The van der Waals surface area contributed by atoms with E-state index in [-0.39, 0.29) is 0 Å². The van der Waals surface area contributed by atoms with Gasteiger partial charge < -0.3 is 10.0 Å². The molecule has 0 aliphatic heterocycles. The van der Waals surface area contributed by atoms with Gasteiger partial charge in [0.25, 0.3) is 0 Å². The second-order valence-corrected chi connectivity index (χ2v) is 6.96. The summed E-state index contributed by atoms with van der Waals surface area (Å²) < 4.78 is 0. The number of unbranched alkanes of at least 4 members (excludes halogenated alkanes) is 2. The van der Waals surface area contributed by atoms with Gasteiger partial charge in [0.05, 0.1) is 0 Å². The zero-order valence-corrected chi connectivity index (χ0v) is 13.1. The van der Waals surface area contributed by atoms with E-state index in [0.717, 1.165) is 42.5 Å². The average molecular weight is 278 g/mol. The number of allylic oxidation sites excluding steroid dienone is 2. The van der Waals surface area contributed by atoms with Gasteiger partial charge in [0, 0.05) is 0 Å². The molecule has 0 aromatic heterocycles. The smallest absolute Gasteiger partial charge is 0.423 e. The van der Waals surface area contributed by atoms with Crippen molar-refractivity contribution < 1.29 is 10.0 Å². The summed E-state index contributed by atoms with van der Waals surface area (Å²) >= 11 is 0. The minimum atomic E-state index is -1.22. The normalized spacial score (nSPS) is 30.9. The molecule has 2 N–H and O–H groups in total. The van der Waals surface area contributed by atoms with Gasteiger partial charge in [-0.1, -0.05) is 51.5 Å². The van der Waals surface area contributed by atoms with Gasteiger partial charge in [-0.05, 0) is 55.3 Å². The molecule has 1 unspecified atom stereocenters. The fourth-order valence-electron chi connectivity index (χ4n) is 4.17. The van der Waals surface area contributed by atoms with E-state index < -0.39 is 7.12 Å². The van der Waals surface area contributed by atoms with E-state index in [9.17, 15) is 10.0 Å². The van der Waals surface area contributed by atoms with Gasteiger partial charge >= 0.3 is 7.12 Å². The van der Waals surface area contributed by atoms with Crippen LogP contribution in [-0.4, -0.2) is 17.2 Å². The second-order valence-electron chi connectivity index (χ2n) is 6.96. The first-order valence-corrected chi connectivity index (χ1v) is 8.75. The highest BCUT2D eigenvalue weighted by atomic mass is 16.4. The molecule has 0 saturated heterocycles. The van der Waals surface area contributed by atoms with Crippen LogP contribution in [0.1, 0.15) is 77.6 Å². The van der Waals surface area contributed by atoms with Crippen molar-refractivity contribution in [1.29, 1.82) is 0 Å². The van der Waals surface area contributed by atoms with Crippen LogP contribution in [0.3, 0.4) is 0 Å². The molecule has 0 spiro atoms. The first-order chi connectivity index (χ1) is 9.70. The van der Waals surface area contributed by atoms with Gasteiger partial charge in [0.2, 0.25) is 0 Å². The summed E-state index contributed by atoms with van der Waals surface area (Å²) in [5.41, 5.74) is 0.842. The van der Waals surface area contributed by atoms with E-state index in [1.807, 2.05) is 0 Å². The maximum Gasteiger partial charge on any atom is 0.483 e. The topological polar surface area (TPSA) is 40.5 Å². The van der Waals surface area contributed by atoms with E-state index in [0.29, 0.717) is 0 Å². The minimum absolute atomic E-state index is 0.800. The van der Waals surface area contributed by atoms with Crippen molar-refractivity contribution in [2.75, 3.05) is 0 Å². The standard InChI is InChI=1S/C17H31BO2/c1-2-3-4-5-14-6-8-15(9-7-14)16-10-12-17(13-11-16)18(19)20/h12,14-16,19-20H,2-11,13H2,1H3. The highest BCUT2D eigenvalue weighted by Gasteiger charge is 2.29. The minimum Gasteiger partial charge on any atom is -0.423 e. The van der Waals surface area contributed by atoms with Crippen LogP contribution in [0.25, 0.3) is 0 Å².